The molecule has 23 heavy (non-hydrogen) atoms. The second-order valence-corrected chi connectivity index (χ2v) is 6.32. The fourth-order valence-corrected chi connectivity index (χ4v) is 2.68. The Morgan fingerprint density at radius 1 is 1.43 bits per heavy atom. The number of hydrogen-bond acceptors (Lipinski definition) is 5. The Morgan fingerprint density at radius 2 is 2.22 bits per heavy atom. The maximum absolute atomic E-state index is 12.0. The number of furan rings is 1. The molecule has 8 heteroatoms. The maximum atomic E-state index is 12.0. The molecule has 1 N–H and O–H groups in total. The summed E-state index contributed by atoms with van der Waals surface area (Å²) in [5.41, 5.74) is 0. The van der Waals surface area contributed by atoms with E-state index in [1.807, 2.05) is 0 Å². The summed E-state index contributed by atoms with van der Waals surface area (Å²) < 4.78 is 10.4. The quantitative estimate of drug-likeness (QED) is 0.775. The Kier molecular flexibility index (Phi) is 6.20. The van der Waals surface area contributed by atoms with Gasteiger partial charge in [-0.2, -0.15) is 0 Å². The van der Waals surface area contributed by atoms with Gasteiger partial charge in [0.2, 0.25) is 0 Å². The Bertz CT molecular complexity index is 586. The molecule has 0 bridgehead atoms. The van der Waals surface area contributed by atoms with Crippen molar-refractivity contribution >= 4 is 33.7 Å². The number of nitrogens with one attached hydrogen (secondary N) is 1. The molecule has 1 aliphatic heterocycles. The fourth-order valence-electron chi connectivity index (χ4n) is 2.38. The van der Waals surface area contributed by atoms with Crippen molar-refractivity contribution in [1.29, 1.82) is 0 Å². The van der Waals surface area contributed by atoms with Crippen molar-refractivity contribution in [2.24, 2.45) is 5.92 Å². The minimum Gasteiger partial charge on any atom is -0.454 e. The van der Waals surface area contributed by atoms with Gasteiger partial charge in [0.15, 0.2) is 17.0 Å². The van der Waals surface area contributed by atoms with E-state index in [0.29, 0.717) is 23.7 Å². The molecule has 126 valence electrons. The first kappa shape index (κ1) is 17.5. The van der Waals surface area contributed by atoms with E-state index in [0.717, 1.165) is 12.8 Å². The highest BCUT2D eigenvalue weighted by atomic mass is 79.9. The van der Waals surface area contributed by atoms with Crippen molar-refractivity contribution in [3.05, 3.63) is 22.6 Å². The summed E-state index contributed by atoms with van der Waals surface area (Å²) in [6, 6.07) is 3.05. The van der Waals surface area contributed by atoms with Crippen molar-refractivity contribution in [2.45, 2.75) is 19.8 Å². The topological polar surface area (TPSA) is 88.9 Å². The number of halogens is 1. The van der Waals surface area contributed by atoms with Crippen LogP contribution in [0.15, 0.2) is 21.2 Å². The highest BCUT2D eigenvalue weighted by Gasteiger charge is 2.22. The predicted molar refractivity (Wildman–Crippen MR) is 84.7 cm³/mol. The zero-order valence-electron chi connectivity index (χ0n) is 12.8. The van der Waals surface area contributed by atoms with Gasteiger partial charge >= 0.3 is 5.97 Å². The number of esters is 1. The van der Waals surface area contributed by atoms with Crippen LogP contribution in [0.5, 0.6) is 0 Å². The van der Waals surface area contributed by atoms with E-state index in [1.54, 1.807) is 11.0 Å². The molecule has 1 saturated heterocycles. The second kappa shape index (κ2) is 8.14. The van der Waals surface area contributed by atoms with Gasteiger partial charge in [-0.3, -0.25) is 14.4 Å². The van der Waals surface area contributed by atoms with Gasteiger partial charge < -0.3 is 19.4 Å². The molecule has 1 aliphatic rings. The molecule has 0 saturated carbocycles. The van der Waals surface area contributed by atoms with Gasteiger partial charge in [-0.15, -0.1) is 0 Å². The summed E-state index contributed by atoms with van der Waals surface area (Å²) in [4.78, 5) is 36.9. The van der Waals surface area contributed by atoms with Crippen molar-refractivity contribution in [2.75, 3.05) is 26.2 Å². The van der Waals surface area contributed by atoms with Crippen LogP contribution in [0.2, 0.25) is 0 Å². The van der Waals surface area contributed by atoms with Gasteiger partial charge in [0.25, 0.3) is 11.8 Å². The van der Waals surface area contributed by atoms with E-state index >= 15 is 0 Å². The average molecular weight is 387 g/mol. The molecule has 0 aromatic carbocycles. The van der Waals surface area contributed by atoms with Gasteiger partial charge in [-0.1, -0.05) is 6.92 Å². The number of rotatable bonds is 5. The molecule has 2 rings (SSSR count). The van der Waals surface area contributed by atoms with Crippen LogP contribution in [0.25, 0.3) is 0 Å². The number of amides is 2. The summed E-state index contributed by atoms with van der Waals surface area (Å²) >= 11 is 3.08. The highest BCUT2D eigenvalue weighted by molar-refractivity contribution is 9.10. The smallest absolute Gasteiger partial charge is 0.325 e. The van der Waals surface area contributed by atoms with Crippen molar-refractivity contribution in [1.82, 2.24) is 10.2 Å². The van der Waals surface area contributed by atoms with E-state index in [2.05, 4.69) is 28.2 Å². The Morgan fingerprint density at radius 3 is 2.87 bits per heavy atom. The average Bonchev–Trinajstić information content (AvgIpc) is 2.96. The number of carbonyl (C=O) groups is 3. The lowest BCUT2D eigenvalue weighted by molar-refractivity contribution is -0.151. The van der Waals surface area contributed by atoms with E-state index in [4.69, 9.17) is 9.15 Å². The van der Waals surface area contributed by atoms with Crippen LogP contribution >= 0.6 is 15.9 Å². The van der Waals surface area contributed by atoms with Crippen molar-refractivity contribution in [3.63, 3.8) is 0 Å². The van der Waals surface area contributed by atoms with Crippen molar-refractivity contribution in [3.8, 4) is 0 Å². The molecule has 0 unspecified atom stereocenters. The number of nitrogens with zero attached hydrogens (tertiary/aromatic N) is 1. The fraction of sp³-hybridized carbons (Fsp3) is 0.533. The zero-order chi connectivity index (χ0) is 16.8. The molecule has 1 aromatic rings. The molecule has 2 heterocycles. The van der Waals surface area contributed by atoms with Gasteiger partial charge in [0, 0.05) is 13.1 Å². The second-order valence-electron chi connectivity index (χ2n) is 5.53. The largest absolute Gasteiger partial charge is 0.454 e. The molecule has 0 spiro atoms. The van der Waals surface area contributed by atoms with E-state index in [-0.39, 0.29) is 24.8 Å². The Labute approximate surface area is 142 Å². The summed E-state index contributed by atoms with van der Waals surface area (Å²) in [6.07, 6.45) is 2.08. The summed E-state index contributed by atoms with van der Waals surface area (Å²) in [6.45, 7) is 2.87. The number of ether oxygens (including phenoxy) is 1. The molecule has 7 nitrogen and oxygen atoms in total. The minimum atomic E-state index is -0.664. The molecule has 2 amide bonds. The highest BCUT2D eigenvalue weighted by Crippen LogP contribution is 2.15. The van der Waals surface area contributed by atoms with E-state index in [1.165, 1.54) is 6.07 Å². The van der Waals surface area contributed by atoms with Crippen LogP contribution in [0, 0.1) is 5.92 Å². The summed E-state index contributed by atoms with van der Waals surface area (Å²) in [5, 5.41) is 2.37. The first-order valence-electron chi connectivity index (χ1n) is 7.42. The number of piperidine rings is 1. The molecule has 1 aromatic heterocycles. The van der Waals surface area contributed by atoms with Crippen LogP contribution in [-0.2, 0) is 14.3 Å². The number of carbonyl (C=O) groups excluding carboxylic acids is 3. The molecule has 1 atom stereocenters. The number of hydrogen-bond donors (Lipinski definition) is 1. The van der Waals surface area contributed by atoms with E-state index < -0.39 is 11.9 Å². The Hall–Kier alpha value is -1.83. The van der Waals surface area contributed by atoms with Crippen molar-refractivity contribution < 1.29 is 23.5 Å². The standard InChI is InChI=1S/C15H19BrN2O5/c1-10-3-2-6-18(8-10)13(19)9-22-14(20)7-17-15(21)11-4-5-12(16)23-11/h4-5,10H,2-3,6-9H2,1H3,(H,17,21)/t10-/m0/s1. The monoisotopic (exact) mass is 386 g/mol. The van der Waals surface area contributed by atoms with Crippen LogP contribution in [0.3, 0.4) is 0 Å². The van der Waals surface area contributed by atoms with Gasteiger partial charge in [-0.05, 0) is 46.8 Å². The zero-order valence-corrected chi connectivity index (χ0v) is 14.4. The Balaban J connectivity index is 1.68. The van der Waals surface area contributed by atoms with Crippen LogP contribution in [-0.4, -0.2) is 48.9 Å². The van der Waals surface area contributed by atoms with Crippen LogP contribution < -0.4 is 5.32 Å². The van der Waals surface area contributed by atoms with Gasteiger partial charge in [0.1, 0.15) is 6.54 Å². The minimum absolute atomic E-state index is 0.0862. The van der Waals surface area contributed by atoms with Crippen LogP contribution in [0.1, 0.15) is 30.3 Å². The lowest BCUT2D eigenvalue weighted by Crippen LogP contribution is -2.42. The van der Waals surface area contributed by atoms with Crippen LogP contribution in [0.4, 0.5) is 0 Å². The lowest BCUT2D eigenvalue weighted by Gasteiger charge is -2.30. The third kappa shape index (κ3) is 5.38. The normalized spacial score (nSPS) is 17.7. The SMILES string of the molecule is C[C@H]1CCCN(C(=O)COC(=O)CNC(=O)c2ccc(Br)o2)C1. The lowest BCUT2D eigenvalue weighted by atomic mass is 10.0. The molecule has 1 fully saturated rings. The molecule has 0 aliphatic carbocycles. The van der Waals surface area contributed by atoms with Gasteiger partial charge in [0.05, 0.1) is 0 Å². The summed E-state index contributed by atoms with van der Waals surface area (Å²) in [5.74, 6) is -0.837. The first-order valence-corrected chi connectivity index (χ1v) is 8.22. The third-order valence-corrected chi connectivity index (χ3v) is 3.98. The number of likely N-dealkylation sites (tertiary alicyclic amines) is 1. The predicted octanol–water partition coefficient (Wildman–Crippen LogP) is 1.57. The van der Waals surface area contributed by atoms with Gasteiger partial charge in [-0.25, -0.2) is 0 Å². The molecular weight excluding hydrogens is 368 g/mol. The van der Waals surface area contributed by atoms with E-state index in [9.17, 15) is 14.4 Å². The first-order chi connectivity index (χ1) is 11.0. The maximum Gasteiger partial charge on any atom is 0.325 e. The molecule has 0 radical (unpaired) electrons. The third-order valence-electron chi connectivity index (χ3n) is 3.56. The molecular formula is C15H19BrN2O5. The summed E-state index contributed by atoms with van der Waals surface area (Å²) in [7, 11) is 0.